The number of piperidine rings is 2. The summed E-state index contributed by atoms with van der Waals surface area (Å²) in [5.41, 5.74) is 2.89. The predicted octanol–water partition coefficient (Wildman–Crippen LogP) is 3.84. The van der Waals surface area contributed by atoms with Crippen LogP contribution in [0.5, 0.6) is 0 Å². The zero-order chi connectivity index (χ0) is 22.7. The lowest BCUT2D eigenvalue weighted by Crippen LogP contribution is -2.54. The van der Waals surface area contributed by atoms with Gasteiger partial charge in [0.1, 0.15) is 17.5 Å². The first-order valence-electron chi connectivity index (χ1n) is 11.8. The van der Waals surface area contributed by atoms with Gasteiger partial charge in [-0.2, -0.15) is 5.26 Å². The minimum Gasteiger partial charge on any atom is -0.394 e. The predicted molar refractivity (Wildman–Crippen MR) is 129 cm³/mol. The molecule has 2 bridgehead atoms. The molecule has 2 N–H and O–H groups in total. The fourth-order valence-corrected chi connectivity index (χ4v) is 7.75. The highest BCUT2D eigenvalue weighted by Gasteiger charge is 2.48. The molecule has 4 heterocycles. The molecule has 2 aromatic rings. The molecular weight excluding hydrogens is 456 g/mol. The SMILES string of the molecule is N#Cc1c(N2CC3CC(C2)C3c2ccc(Cl)cc2)nc2c(c1NC1(CO)CCC1)S(=O)CC2. The topological polar surface area (TPSA) is 89.2 Å². The third kappa shape index (κ3) is 3.38. The van der Waals surface area contributed by atoms with E-state index in [-0.39, 0.29) is 6.61 Å². The molecule has 3 atom stereocenters. The normalized spacial score (nSPS) is 28.9. The zero-order valence-electron chi connectivity index (χ0n) is 18.4. The number of fused-ring (bicyclic) bond motifs is 3. The molecule has 2 saturated heterocycles. The number of aliphatic hydroxyl groups excluding tert-OH is 1. The highest BCUT2D eigenvalue weighted by molar-refractivity contribution is 7.85. The lowest BCUT2D eigenvalue weighted by atomic mass is 9.59. The van der Waals surface area contributed by atoms with Crippen LogP contribution < -0.4 is 10.2 Å². The van der Waals surface area contributed by atoms with Gasteiger partial charge < -0.3 is 15.3 Å². The number of hydrogen-bond acceptors (Lipinski definition) is 6. The van der Waals surface area contributed by atoms with E-state index in [9.17, 15) is 14.6 Å². The zero-order valence-corrected chi connectivity index (χ0v) is 20.0. The largest absolute Gasteiger partial charge is 0.394 e. The molecule has 3 aliphatic heterocycles. The third-order valence-electron chi connectivity index (χ3n) is 8.16. The number of benzene rings is 1. The molecule has 0 radical (unpaired) electrons. The number of nitrogens with zero attached hydrogens (tertiary/aromatic N) is 3. The molecule has 2 aliphatic carbocycles. The van der Waals surface area contributed by atoms with E-state index in [0.29, 0.717) is 51.9 Å². The number of hydrogen-bond donors (Lipinski definition) is 2. The Morgan fingerprint density at radius 2 is 2.00 bits per heavy atom. The van der Waals surface area contributed by atoms with Gasteiger partial charge in [-0.1, -0.05) is 23.7 Å². The Bertz CT molecular complexity index is 1160. The van der Waals surface area contributed by atoms with E-state index < -0.39 is 16.3 Å². The van der Waals surface area contributed by atoms with Gasteiger partial charge in [-0.3, -0.25) is 4.21 Å². The summed E-state index contributed by atoms with van der Waals surface area (Å²) in [6.45, 7) is 1.73. The van der Waals surface area contributed by atoms with Crippen LogP contribution in [0.3, 0.4) is 0 Å². The molecule has 172 valence electrons. The summed E-state index contributed by atoms with van der Waals surface area (Å²) in [5, 5.41) is 24.5. The third-order valence-corrected chi connectivity index (χ3v) is 9.88. The number of anilines is 2. The Morgan fingerprint density at radius 1 is 1.27 bits per heavy atom. The maximum Gasteiger partial charge on any atom is 0.149 e. The van der Waals surface area contributed by atoms with E-state index in [4.69, 9.17) is 16.6 Å². The fourth-order valence-electron chi connectivity index (χ4n) is 6.25. The van der Waals surface area contributed by atoms with E-state index in [2.05, 4.69) is 28.4 Å². The van der Waals surface area contributed by atoms with Gasteiger partial charge in [0.05, 0.1) is 39.2 Å². The van der Waals surface area contributed by atoms with Crippen LogP contribution >= 0.6 is 11.6 Å². The van der Waals surface area contributed by atoms with Gasteiger partial charge in [-0.15, -0.1) is 0 Å². The number of aliphatic hydroxyl groups is 1. The van der Waals surface area contributed by atoms with Gasteiger partial charge in [0, 0.05) is 30.3 Å². The minimum absolute atomic E-state index is 0.00751. The number of aryl methyl sites for hydroxylation is 1. The summed E-state index contributed by atoms with van der Waals surface area (Å²) in [6.07, 6.45) is 4.60. The smallest absolute Gasteiger partial charge is 0.149 e. The number of halogens is 1. The summed E-state index contributed by atoms with van der Waals surface area (Å²) in [7, 11) is -1.17. The van der Waals surface area contributed by atoms with Gasteiger partial charge in [-0.25, -0.2) is 4.98 Å². The Labute approximate surface area is 201 Å². The van der Waals surface area contributed by atoms with Crippen LogP contribution in [0.15, 0.2) is 29.2 Å². The van der Waals surface area contributed by atoms with E-state index in [1.807, 2.05) is 12.1 Å². The molecule has 33 heavy (non-hydrogen) atoms. The summed E-state index contributed by atoms with van der Waals surface area (Å²) < 4.78 is 12.8. The van der Waals surface area contributed by atoms with Gasteiger partial charge in [0.15, 0.2) is 0 Å². The summed E-state index contributed by atoms with van der Waals surface area (Å²) in [6, 6.07) is 10.6. The fraction of sp³-hybridized carbons (Fsp3) is 0.520. The van der Waals surface area contributed by atoms with Crippen LogP contribution in [-0.2, 0) is 17.2 Å². The molecule has 4 fully saturated rings. The second kappa shape index (κ2) is 7.97. The molecule has 0 amide bonds. The number of rotatable bonds is 5. The molecular formula is C25H27ClN4O2S. The van der Waals surface area contributed by atoms with Gasteiger partial charge in [0.2, 0.25) is 0 Å². The van der Waals surface area contributed by atoms with E-state index >= 15 is 0 Å². The van der Waals surface area contributed by atoms with E-state index in [1.165, 1.54) is 12.0 Å². The Balaban J connectivity index is 1.35. The lowest BCUT2D eigenvalue weighted by molar-refractivity contribution is 0.111. The Morgan fingerprint density at radius 3 is 2.61 bits per heavy atom. The van der Waals surface area contributed by atoms with Crippen molar-refractivity contribution in [1.29, 1.82) is 5.26 Å². The maximum absolute atomic E-state index is 12.8. The molecule has 3 unspecified atom stereocenters. The molecule has 1 aromatic heterocycles. The second-order valence-electron chi connectivity index (χ2n) is 10.0. The lowest BCUT2D eigenvalue weighted by Gasteiger charge is -2.54. The first kappa shape index (κ1) is 21.4. The standard InChI is InChI=1S/C25H27ClN4O2S/c26-18-4-2-15(3-5-18)21-16-10-17(21)13-30(12-16)24-19(11-27)22(29-25(14-31)7-1-8-25)23-20(28-24)6-9-33(23)32/h2-5,16-17,21,31H,1,6-10,12-14H2,(H,28,29). The highest BCUT2D eigenvalue weighted by Crippen LogP contribution is 2.53. The average molecular weight is 483 g/mol. The van der Waals surface area contributed by atoms with Gasteiger partial charge in [0.25, 0.3) is 0 Å². The van der Waals surface area contributed by atoms with Crippen LogP contribution in [0, 0.1) is 23.2 Å². The van der Waals surface area contributed by atoms with Crippen molar-refractivity contribution in [3.05, 3.63) is 46.1 Å². The highest BCUT2D eigenvalue weighted by atomic mass is 35.5. The first-order chi connectivity index (χ1) is 16.0. The molecule has 8 heteroatoms. The molecule has 5 aliphatic rings. The first-order valence-corrected chi connectivity index (χ1v) is 13.5. The Hall–Kier alpha value is -2.14. The number of nitriles is 1. The number of nitrogens with one attached hydrogen (secondary N) is 1. The second-order valence-corrected chi connectivity index (χ2v) is 12.0. The summed E-state index contributed by atoms with van der Waals surface area (Å²) in [4.78, 5) is 7.86. The number of pyridine rings is 1. The van der Waals surface area contributed by atoms with Crippen LogP contribution in [0.25, 0.3) is 0 Å². The molecule has 7 rings (SSSR count). The molecule has 0 spiro atoms. The van der Waals surface area contributed by atoms with Gasteiger partial charge >= 0.3 is 0 Å². The summed E-state index contributed by atoms with van der Waals surface area (Å²) >= 11 is 6.09. The van der Waals surface area contributed by atoms with Crippen molar-refractivity contribution in [3.63, 3.8) is 0 Å². The van der Waals surface area contributed by atoms with Crippen molar-refractivity contribution < 1.29 is 9.32 Å². The molecule has 1 aromatic carbocycles. The maximum atomic E-state index is 12.8. The van der Waals surface area contributed by atoms with Crippen LogP contribution in [0.2, 0.25) is 5.02 Å². The average Bonchev–Trinajstić information content (AvgIpc) is 3.17. The van der Waals surface area contributed by atoms with E-state index in [0.717, 1.165) is 43.1 Å². The van der Waals surface area contributed by atoms with Crippen LogP contribution in [0.4, 0.5) is 11.5 Å². The van der Waals surface area contributed by atoms with Crippen molar-refractivity contribution in [2.24, 2.45) is 11.8 Å². The number of aromatic nitrogens is 1. The minimum atomic E-state index is -1.17. The monoisotopic (exact) mass is 482 g/mol. The Kier molecular flexibility index (Phi) is 5.17. The van der Waals surface area contributed by atoms with Gasteiger partial charge in [-0.05, 0) is 61.1 Å². The van der Waals surface area contributed by atoms with Crippen molar-refractivity contribution >= 4 is 33.9 Å². The van der Waals surface area contributed by atoms with Crippen LogP contribution in [-0.4, -0.2) is 45.3 Å². The molecule has 6 nitrogen and oxygen atoms in total. The van der Waals surface area contributed by atoms with Crippen LogP contribution in [0.1, 0.15) is 48.4 Å². The summed E-state index contributed by atoms with van der Waals surface area (Å²) in [5.74, 6) is 2.83. The van der Waals surface area contributed by atoms with Crippen molar-refractivity contribution in [1.82, 2.24) is 4.98 Å². The van der Waals surface area contributed by atoms with Crippen molar-refractivity contribution in [3.8, 4) is 6.07 Å². The quantitative estimate of drug-likeness (QED) is 0.673. The van der Waals surface area contributed by atoms with Crippen molar-refractivity contribution in [2.75, 3.05) is 35.7 Å². The van der Waals surface area contributed by atoms with Crippen molar-refractivity contribution in [2.45, 2.75) is 48.5 Å². The molecule has 2 saturated carbocycles. The van der Waals surface area contributed by atoms with E-state index in [1.54, 1.807) is 0 Å².